The van der Waals surface area contributed by atoms with Gasteiger partial charge in [-0.1, -0.05) is 13.8 Å². The van der Waals surface area contributed by atoms with E-state index in [0.717, 1.165) is 39.0 Å². The van der Waals surface area contributed by atoms with Crippen LogP contribution in [0.4, 0.5) is 0 Å². The standard InChI is InChI=1S/C14H30N4O/c1-14(2,11-17(3)4)10-16-13(19)9-18-7-5-12(15)6-8-18/h12H,5-11,15H2,1-4H3,(H,16,19). The molecule has 1 rings (SSSR count). The van der Waals surface area contributed by atoms with Gasteiger partial charge in [-0.25, -0.2) is 0 Å². The second-order valence-corrected chi connectivity index (χ2v) is 6.79. The average molecular weight is 270 g/mol. The molecule has 5 nitrogen and oxygen atoms in total. The van der Waals surface area contributed by atoms with Gasteiger partial charge in [0.2, 0.25) is 5.91 Å². The van der Waals surface area contributed by atoms with Crippen molar-refractivity contribution in [3.8, 4) is 0 Å². The van der Waals surface area contributed by atoms with Crippen molar-refractivity contribution in [2.75, 3.05) is 46.8 Å². The monoisotopic (exact) mass is 270 g/mol. The first kappa shape index (κ1) is 16.4. The minimum absolute atomic E-state index is 0.101. The average Bonchev–Trinajstić information content (AvgIpc) is 2.28. The van der Waals surface area contributed by atoms with Crippen molar-refractivity contribution in [1.29, 1.82) is 0 Å². The molecule has 1 fully saturated rings. The van der Waals surface area contributed by atoms with Gasteiger partial charge >= 0.3 is 0 Å². The van der Waals surface area contributed by atoms with E-state index in [4.69, 9.17) is 5.73 Å². The highest BCUT2D eigenvalue weighted by atomic mass is 16.2. The molecule has 3 N–H and O–H groups in total. The van der Waals surface area contributed by atoms with Crippen molar-refractivity contribution in [3.05, 3.63) is 0 Å². The van der Waals surface area contributed by atoms with Gasteiger partial charge in [0.1, 0.15) is 0 Å². The molecule has 0 atom stereocenters. The van der Waals surface area contributed by atoms with Gasteiger partial charge in [-0.15, -0.1) is 0 Å². The van der Waals surface area contributed by atoms with Crippen LogP contribution in [0.2, 0.25) is 0 Å². The number of amides is 1. The van der Waals surface area contributed by atoms with Crippen LogP contribution < -0.4 is 11.1 Å². The molecule has 0 unspecified atom stereocenters. The molecular weight excluding hydrogens is 240 g/mol. The number of likely N-dealkylation sites (tertiary alicyclic amines) is 1. The molecule has 1 aliphatic heterocycles. The molecule has 0 aromatic rings. The Morgan fingerprint density at radius 1 is 1.37 bits per heavy atom. The number of carbonyl (C=O) groups is 1. The fourth-order valence-electron chi connectivity index (χ4n) is 2.62. The van der Waals surface area contributed by atoms with Gasteiger partial charge < -0.3 is 16.0 Å². The third-order valence-electron chi connectivity index (χ3n) is 3.51. The second kappa shape index (κ2) is 7.22. The summed E-state index contributed by atoms with van der Waals surface area (Å²) in [5, 5.41) is 3.05. The maximum Gasteiger partial charge on any atom is 0.234 e. The third-order valence-corrected chi connectivity index (χ3v) is 3.51. The van der Waals surface area contributed by atoms with E-state index in [1.54, 1.807) is 0 Å². The van der Waals surface area contributed by atoms with Gasteiger partial charge in [-0.3, -0.25) is 9.69 Å². The molecule has 1 saturated heterocycles. The fraction of sp³-hybridized carbons (Fsp3) is 0.929. The van der Waals surface area contributed by atoms with Gasteiger partial charge in [0.05, 0.1) is 6.54 Å². The Bertz CT molecular complexity index is 283. The van der Waals surface area contributed by atoms with Crippen molar-refractivity contribution in [1.82, 2.24) is 15.1 Å². The van der Waals surface area contributed by atoms with Crippen LogP contribution in [0.1, 0.15) is 26.7 Å². The molecule has 1 aliphatic rings. The molecule has 0 saturated carbocycles. The highest BCUT2D eigenvalue weighted by molar-refractivity contribution is 5.78. The van der Waals surface area contributed by atoms with Crippen molar-refractivity contribution in [3.63, 3.8) is 0 Å². The normalized spacial score (nSPS) is 18.8. The maximum atomic E-state index is 11.9. The predicted molar refractivity (Wildman–Crippen MR) is 79.0 cm³/mol. The molecule has 1 heterocycles. The van der Waals surface area contributed by atoms with Crippen molar-refractivity contribution in [2.45, 2.75) is 32.7 Å². The molecule has 5 heteroatoms. The summed E-state index contributed by atoms with van der Waals surface area (Å²) < 4.78 is 0. The van der Waals surface area contributed by atoms with Gasteiger partial charge in [-0.05, 0) is 32.4 Å². The minimum atomic E-state index is 0.101. The first-order chi connectivity index (χ1) is 8.78. The summed E-state index contributed by atoms with van der Waals surface area (Å²) in [7, 11) is 4.11. The number of hydrogen-bond donors (Lipinski definition) is 2. The smallest absolute Gasteiger partial charge is 0.234 e. The minimum Gasteiger partial charge on any atom is -0.354 e. The Hall–Kier alpha value is -0.650. The quantitative estimate of drug-likeness (QED) is 0.719. The lowest BCUT2D eigenvalue weighted by molar-refractivity contribution is -0.123. The Morgan fingerprint density at radius 3 is 2.47 bits per heavy atom. The van der Waals surface area contributed by atoms with Crippen LogP contribution in [0, 0.1) is 5.41 Å². The molecule has 0 aromatic heterocycles. The summed E-state index contributed by atoms with van der Waals surface area (Å²) in [4.78, 5) is 16.3. The number of nitrogens with zero attached hydrogens (tertiary/aromatic N) is 2. The van der Waals surface area contributed by atoms with E-state index < -0.39 is 0 Å². The number of carbonyl (C=O) groups excluding carboxylic acids is 1. The lowest BCUT2D eigenvalue weighted by Gasteiger charge is -2.31. The molecular formula is C14H30N4O. The van der Waals surface area contributed by atoms with Crippen LogP contribution in [-0.2, 0) is 4.79 Å². The summed E-state index contributed by atoms with van der Waals surface area (Å²) in [6.45, 7) is 8.42. The summed E-state index contributed by atoms with van der Waals surface area (Å²) in [5.41, 5.74) is 5.96. The summed E-state index contributed by atoms with van der Waals surface area (Å²) in [6, 6.07) is 0.318. The van der Waals surface area contributed by atoms with Crippen molar-refractivity contribution >= 4 is 5.91 Å². The van der Waals surface area contributed by atoms with Crippen LogP contribution >= 0.6 is 0 Å². The van der Waals surface area contributed by atoms with E-state index in [9.17, 15) is 4.79 Å². The van der Waals surface area contributed by atoms with E-state index >= 15 is 0 Å². The first-order valence-corrected chi connectivity index (χ1v) is 7.18. The third kappa shape index (κ3) is 6.89. The first-order valence-electron chi connectivity index (χ1n) is 7.18. The lowest BCUT2D eigenvalue weighted by Crippen LogP contribution is -2.47. The molecule has 0 radical (unpaired) electrons. The number of nitrogens with two attached hydrogens (primary N) is 1. The Kier molecular flexibility index (Phi) is 6.23. The zero-order valence-electron chi connectivity index (χ0n) is 12.9. The summed E-state index contributed by atoms with van der Waals surface area (Å²) in [5.74, 6) is 0.127. The van der Waals surface area contributed by atoms with E-state index in [2.05, 4.69) is 43.1 Å². The Balaban J connectivity index is 2.24. The van der Waals surface area contributed by atoms with Gasteiger partial charge in [-0.2, -0.15) is 0 Å². The summed E-state index contributed by atoms with van der Waals surface area (Å²) in [6.07, 6.45) is 2.00. The summed E-state index contributed by atoms with van der Waals surface area (Å²) >= 11 is 0. The molecule has 0 aromatic carbocycles. The van der Waals surface area contributed by atoms with Crippen LogP contribution in [-0.4, -0.2) is 68.6 Å². The molecule has 0 spiro atoms. The van der Waals surface area contributed by atoms with Crippen molar-refractivity contribution in [2.24, 2.45) is 11.1 Å². The van der Waals surface area contributed by atoms with Gasteiger partial charge in [0.25, 0.3) is 0 Å². The number of hydrogen-bond acceptors (Lipinski definition) is 4. The molecule has 0 aliphatic carbocycles. The topological polar surface area (TPSA) is 61.6 Å². The molecule has 19 heavy (non-hydrogen) atoms. The van der Waals surface area contributed by atoms with E-state index in [1.807, 2.05) is 0 Å². The van der Waals surface area contributed by atoms with E-state index in [1.165, 1.54) is 0 Å². The zero-order valence-corrected chi connectivity index (χ0v) is 12.9. The van der Waals surface area contributed by atoms with Crippen LogP contribution in [0.5, 0.6) is 0 Å². The van der Waals surface area contributed by atoms with Crippen LogP contribution in [0.3, 0.4) is 0 Å². The molecule has 112 valence electrons. The fourth-order valence-corrected chi connectivity index (χ4v) is 2.62. The van der Waals surface area contributed by atoms with E-state index in [0.29, 0.717) is 12.6 Å². The van der Waals surface area contributed by atoms with Crippen LogP contribution in [0.15, 0.2) is 0 Å². The predicted octanol–water partition coefficient (Wildman–Crippen LogP) is 0.114. The number of nitrogens with one attached hydrogen (secondary N) is 1. The second-order valence-electron chi connectivity index (χ2n) is 6.79. The van der Waals surface area contributed by atoms with Gasteiger partial charge in [0, 0.05) is 32.2 Å². The molecule has 1 amide bonds. The molecule has 0 bridgehead atoms. The van der Waals surface area contributed by atoms with Crippen LogP contribution in [0.25, 0.3) is 0 Å². The number of rotatable bonds is 6. The lowest BCUT2D eigenvalue weighted by atomic mass is 9.93. The highest BCUT2D eigenvalue weighted by Gasteiger charge is 2.22. The van der Waals surface area contributed by atoms with Gasteiger partial charge in [0.15, 0.2) is 0 Å². The van der Waals surface area contributed by atoms with E-state index in [-0.39, 0.29) is 11.3 Å². The Labute approximate surface area is 117 Å². The SMILES string of the molecule is CN(C)CC(C)(C)CNC(=O)CN1CCC(N)CC1. The van der Waals surface area contributed by atoms with Crippen molar-refractivity contribution < 1.29 is 4.79 Å². The zero-order chi connectivity index (χ0) is 14.5. The largest absolute Gasteiger partial charge is 0.354 e. The maximum absolute atomic E-state index is 11.9. The Morgan fingerprint density at radius 2 is 1.95 bits per heavy atom. The number of piperidine rings is 1. The highest BCUT2D eigenvalue weighted by Crippen LogP contribution is 2.14.